The van der Waals surface area contributed by atoms with Crippen molar-refractivity contribution in [3.8, 4) is 0 Å². The Morgan fingerprint density at radius 1 is 1.18 bits per heavy atom. The quantitative estimate of drug-likeness (QED) is 0.666. The number of aryl methyl sites for hydroxylation is 2. The van der Waals surface area contributed by atoms with E-state index in [1.54, 1.807) is 0 Å². The molecule has 0 amide bonds. The van der Waals surface area contributed by atoms with Gasteiger partial charge in [0, 0.05) is 10.8 Å². The lowest BCUT2D eigenvalue weighted by Gasteiger charge is -2.16. The fraction of sp³-hybridized carbons (Fsp3) is 0.333. The van der Waals surface area contributed by atoms with Gasteiger partial charge in [0.15, 0.2) is 0 Å². The van der Waals surface area contributed by atoms with Crippen LogP contribution in [0.15, 0.2) is 41.8 Å². The molecule has 1 atom stereocenters. The van der Waals surface area contributed by atoms with Crippen LogP contribution in [0.2, 0.25) is 0 Å². The number of hydrogen-bond acceptors (Lipinski definition) is 1. The van der Waals surface area contributed by atoms with E-state index in [1.807, 2.05) is 11.3 Å². The Balaban J connectivity index is 2.04. The van der Waals surface area contributed by atoms with Crippen LogP contribution in [-0.2, 0) is 6.42 Å². The van der Waals surface area contributed by atoms with E-state index in [9.17, 15) is 0 Å². The minimum Gasteiger partial charge on any atom is -0.149 e. The second-order valence-corrected chi connectivity index (χ2v) is 5.67. The van der Waals surface area contributed by atoms with E-state index in [4.69, 9.17) is 11.6 Å². The van der Waals surface area contributed by atoms with E-state index in [1.165, 1.54) is 16.0 Å². The molecule has 1 aromatic carbocycles. The lowest BCUT2D eigenvalue weighted by atomic mass is 9.92. The first-order valence-electron chi connectivity index (χ1n) is 5.95. The largest absolute Gasteiger partial charge is 0.149 e. The van der Waals surface area contributed by atoms with Crippen LogP contribution in [0.1, 0.15) is 28.3 Å². The average molecular weight is 265 g/mol. The molecule has 1 unspecified atom stereocenters. The van der Waals surface area contributed by atoms with Crippen molar-refractivity contribution in [3.63, 3.8) is 0 Å². The topological polar surface area (TPSA) is 0 Å². The first-order valence-corrected chi connectivity index (χ1v) is 7.36. The van der Waals surface area contributed by atoms with Gasteiger partial charge in [-0.1, -0.05) is 30.3 Å². The van der Waals surface area contributed by atoms with Gasteiger partial charge >= 0.3 is 0 Å². The highest BCUT2D eigenvalue weighted by molar-refractivity contribution is 7.09. The van der Waals surface area contributed by atoms with Gasteiger partial charge in [-0.05, 0) is 48.3 Å². The predicted molar refractivity (Wildman–Crippen MR) is 77.3 cm³/mol. The third kappa shape index (κ3) is 3.34. The standard InChI is InChI=1S/C15H17ClS/c1-12-5-2-3-7-15(12)13(11-16)8-9-14-6-4-10-17-14/h2-7,10,13H,8-9,11H2,1H3. The van der Waals surface area contributed by atoms with E-state index in [-0.39, 0.29) is 0 Å². The molecule has 0 fully saturated rings. The van der Waals surface area contributed by atoms with E-state index in [2.05, 4.69) is 48.7 Å². The summed E-state index contributed by atoms with van der Waals surface area (Å²) in [6.45, 7) is 2.17. The van der Waals surface area contributed by atoms with E-state index < -0.39 is 0 Å². The molecule has 2 heteroatoms. The molecule has 0 spiro atoms. The third-order valence-electron chi connectivity index (χ3n) is 3.13. The van der Waals surface area contributed by atoms with Crippen LogP contribution in [0.25, 0.3) is 0 Å². The molecule has 17 heavy (non-hydrogen) atoms. The molecule has 0 aliphatic rings. The van der Waals surface area contributed by atoms with Crippen molar-refractivity contribution >= 4 is 22.9 Å². The smallest absolute Gasteiger partial charge is 0.0292 e. The van der Waals surface area contributed by atoms with Gasteiger partial charge in [-0.25, -0.2) is 0 Å². The van der Waals surface area contributed by atoms with Crippen LogP contribution in [0.5, 0.6) is 0 Å². The molecule has 0 N–H and O–H groups in total. The first kappa shape index (κ1) is 12.7. The van der Waals surface area contributed by atoms with Crippen molar-refractivity contribution < 1.29 is 0 Å². The Morgan fingerprint density at radius 2 is 2.00 bits per heavy atom. The van der Waals surface area contributed by atoms with Crippen LogP contribution in [0, 0.1) is 6.92 Å². The van der Waals surface area contributed by atoms with Crippen LogP contribution in [-0.4, -0.2) is 5.88 Å². The van der Waals surface area contributed by atoms with Crippen molar-refractivity contribution in [1.29, 1.82) is 0 Å². The summed E-state index contributed by atoms with van der Waals surface area (Å²) in [5, 5.41) is 2.14. The summed E-state index contributed by atoms with van der Waals surface area (Å²) < 4.78 is 0. The summed E-state index contributed by atoms with van der Waals surface area (Å²) in [6.07, 6.45) is 2.26. The molecule has 0 aliphatic heterocycles. The summed E-state index contributed by atoms with van der Waals surface area (Å²) in [6, 6.07) is 12.9. The zero-order valence-electron chi connectivity index (χ0n) is 10.0. The van der Waals surface area contributed by atoms with Crippen molar-refractivity contribution in [2.45, 2.75) is 25.7 Å². The number of thiophene rings is 1. The molecule has 1 heterocycles. The molecule has 0 radical (unpaired) electrons. The Bertz CT molecular complexity index is 448. The summed E-state index contributed by atoms with van der Waals surface area (Å²) >= 11 is 7.95. The maximum Gasteiger partial charge on any atom is 0.0292 e. The first-order chi connectivity index (χ1) is 8.31. The summed E-state index contributed by atoms with van der Waals surface area (Å²) in [4.78, 5) is 1.45. The monoisotopic (exact) mass is 264 g/mol. The molecule has 90 valence electrons. The minimum absolute atomic E-state index is 0.472. The summed E-state index contributed by atoms with van der Waals surface area (Å²) in [5.41, 5.74) is 2.75. The molecule has 0 saturated heterocycles. The highest BCUT2D eigenvalue weighted by Crippen LogP contribution is 2.26. The number of rotatable bonds is 5. The van der Waals surface area contributed by atoms with Crippen LogP contribution in [0.3, 0.4) is 0 Å². The van der Waals surface area contributed by atoms with Gasteiger partial charge in [0.05, 0.1) is 0 Å². The molecule has 1 aromatic heterocycles. The Kier molecular flexibility index (Phi) is 4.64. The van der Waals surface area contributed by atoms with Crippen molar-refractivity contribution in [3.05, 3.63) is 57.8 Å². The highest BCUT2D eigenvalue weighted by atomic mass is 35.5. The summed E-state index contributed by atoms with van der Waals surface area (Å²) in [5.74, 6) is 1.18. The minimum atomic E-state index is 0.472. The third-order valence-corrected chi connectivity index (χ3v) is 4.44. The van der Waals surface area contributed by atoms with Crippen molar-refractivity contribution in [2.75, 3.05) is 5.88 Å². The Hall–Kier alpha value is -0.790. The molecular weight excluding hydrogens is 248 g/mol. The van der Waals surface area contributed by atoms with Crippen molar-refractivity contribution in [2.24, 2.45) is 0 Å². The normalized spacial score (nSPS) is 12.6. The summed E-state index contributed by atoms with van der Waals surface area (Å²) in [7, 11) is 0. The molecule has 0 saturated carbocycles. The maximum atomic E-state index is 6.12. The Labute approximate surface area is 112 Å². The Morgan fingerprint density at radius 3 is 2.65 bits per heavy atom. The maximum absolute atomic E-state index is 6.12. The lowest BCUT2D eigenvalue weighted by Crippen LogP contribution is -2.04. The predicted octanol–water partition coefficient (Wildman–Crippen LogP) is 5.01. The number of alkyl halides is 1. The van der Waals surface area contributed by atoms with Crippen LogP contribution < -0.4 is 0 Å². The van der Waals surface area contributed by atoms with Crippen LogP contribution in [0.4, 0.5) is 0 Å². The van der Waals surface area contributed by atoms with E-state index >= 15 is 0 Å². The van der Waals surface area contributed by atoms with E-state index in [0.29, 0.717) is 11.8 Å². The molecule has 0 bridgehead atoms. The second-order valence-electron chi connectivity index (χ2n) is 4.33. The lowest BCUT2D eigenvalue weighted by molar-refractivity contribution is 0.686. The molecule has 2 aromatic rings. The van der Waals surface area contributed by atoms with Gasteiger partial charge in [0.1, 0.15) is 0 Å². The molecule has 0 aliphatic carbocycles. The van der Waals surface area contributed by atoms with Crippen molar-refractivity contribution in [1.82, 2.24) is 0 Å². The van der Waals surface area contributed by atoms with Gasteiger partial charge in [0.2, 0.25) is 0 Å². The molecule has 2 rings (SSSR count). The zero-order valence-corrected chi connectivity index (χ0v) is 11.6. The molecule has 0 nitrogen and oxygen atoms in total. The van der Waals surface area contributed by atoms with Gasteiger partial charge < -0.3 is 0 Å². The van der Waals surface area contributed by atoms with Gasteiger partial charge in [-0.3, -0.25) is 0 Å². The number of halogens is 1. The van der Waals surface area contributed by atoms with Crippen LogP contribution >= 0.6 is 22.9 Å². The zero-order chi connectivity index (χ0) is 12.1. The van der Waals surface area contributed by atoms with Gasteiger partial charge in [0.25, 0.3) is 0 Å². The van der Waals surface area contributed by atoms with Gasteiger partial charge in [-0.2, -0.15) is 0 Å². The fourth-order valence-electron chi connectivity index (χ4n) is 2.13. The highest BCUT2D eigenvalue weighted by Gasteiger charge is 2.12. The van der Waals surface area contributed by atoms with E-state index in [0.717, 1.165) is 12.8 Å². The molecular formula is C15H17ClS. The SMILES string of the molecule is Cc1ccccc1C(CCl)CCc1cccs1. The number of hydrogen-bond donors (Lipinski definition) is 0. The number of benzene rings is 1. The average Bonchev–Trinajstić information content (AvgIpc) is 2.85. The second kappa shape index (κ2) is 6.23. The van der Waals surface area contributed by atoms with Gasteiger partial charge in [-0.15, -0.1) is 22.9 Å². The fourth-order valence-corrected chi connectivity index (χ4v) is 3.18.